The molecule has 7 heteroatoms. The molecule has 2 N–H and O–H groups in total. The summed E-state index contributed by atoms with van der Waals surface area (Å²) in [5.74, 6) is 0.333. The van der Waals surface area contributed by atoms with Crippen molar-refractivity contribution in [2.45, 2.75) is 13.8 Å². The van der Waals surface area contributed by atoms with Crippen LogP contribution in [0.1, 0.15) is 21.7 Å². The molecule has 0 saturated carbocycles. The molecule has 0 aliphatic carbocycles. The Morgan fingerprint density at radius 1 is 0.906 bits per heavy atom. The van der Waals surface area contributed by atoms with Crippen LogP contribution in [-0.2, 0) is 0 Å². The Labute approximate surface area is 189 Å². The van der Waals surface area contributed by atoms with Gasteiger partial charge in [0.15, 0.2) is 16.5 Å². The zero-order valence-corrected chi connectivity index (χ0v) is 18.2. The predicted octanol–water partition coefficient (Wildman–Crippen LogP) is 5.98. The number of carbonyl (C=O) groups excluding carboxylic acids is 1. The van der Waals surface area contributed by atoms with Crippen LogP contribution in [0.3, 0.4) is 0 Å². The number of rotatable bonds is 3. The van der Waals surface area contributed by atoms with E-state index in [1.165, 1.54) is 11.1 Å². The first-order valence-corrected chi connectivity index (χ1v) is 10.5. The zero-order chi connectivity index (χ0) is 22.2. The van der Waals surface area contributed by atoms with Crippen molar-refractivity contribution in [2.24, 2.45) is 0 Å². The van der Waals surface area contributed by atoms with E-state index in [-0.39, 0.29) is 10.9 Å². The highest BCUT2D eigenvalue weighted by Gasteiger charge is 2.14. The van der Waals surface area contributed by atoms with Crippen LogP contribution in [0.4, 0.5) is 5.69 Å². The quantitative estimate of drug-likeness (QED) is 0.335. The Morgan fingerprint density at radius 2 is 1.75 bits per heavy atom. The van der Waals surface area contributed by atoms with Gasteiger partial charge in [0.25, 0.3) is 5.91 Å². The summed E-state index contributed by atoms with van der Waals surface area (Å²) in [7, 11) is 0. The molecule has 158 valence electrons. The molecular weight excluding hydrogens is 422 g/mol. The summed E-state index contributed by atoms with van der Waals surface area (Å²) in [6, 6.07) is 20.7. The van der Waals surface area contributed by atoms with Gasteiger partial charge in [-0.15, -0.1) is 0 Å². The Morgan fingerprint density at radius 3 is 2.56 bits per heavy atom. The highest BCUT2D eigenvalue weighted by atomic mass is 32.1. The summed E-state index contributed by atoms with van der Waals surface area (Å²) in [6.45, 7) is 4.13. The molecule has 1 amide bonds. The van der Waals surface area contributed by atoms with Gasteiger partial charge in [-0.05, 0) is 79.7 Å². The number of hydrogen-bond acceptors (Lipinski definition) is 5. The maximum absolute atomic E-state index is 12.5. The second-order valence-corrected chi connectivity index (χ2v) is 7.97. The smallest absolute Gasteiger partial charge is 0.293 e. The number of aromatic nitrogens is 1. The number of aryl methyl sites for hydroxylation is 2. The lowest BCUT2D eigenvalue weighted by molar-refractivity contribution is 0.0953. The van der Waals surface area contributed by atoms with E-state index < -0.39 is 5.91 Å². The molecule has 0 saturated heterocycles. The van der Waals surface area contributed by atoms with Crippen molar-refractivity contribution in [3.05, 3.63) is 83.6 Å². The third-order valence-corrected chi connectivity index (χ3v) is 5.48. The lowest BCUT2D eigenvalue weighted by Crippen LogP contribution is -2.33. The van der Waals surface area contributed by atoms with Crippen LogP contribution in [-0.4, -0.2) is 16.0 Å². The van der Waals surface area contributed by atoms with E-state index in [2.05, 4.69) is 41.6 Å². The van der Waals surface area contributed by atoms with Crippen LogP contribution in [0.2, 0.25) is 0 Å². The van der Waals surface area contributed by atoms with Gasteiger partial charge in [0, 0.05) is 16.6 Å². The number of nitrogens with zero attached hydrogens (tertiary/aromatic N) is 1. The molecule has 0 radical (unpaired) electrons. The molecule has 5 rings (SSSR count). The minimum Gasteiger partial charge on any atom is -0.451 e. The average molecular weight is 442 g/mol. The summed E-state index contributed by atoms with van der Waals surface area (Å²) in [5, 5.41) is 6.66. The van der Waals surface area contributed by atoms with Crippen LogP contribution in [0.25, 0.3) is 33.5 Å². The molecular formula is C25H19N3O3S. The van der Waals surface area contributed by atoms with E-state index in [0.717, 1.165) is 10.9 Å². The van der Waals surface area contributed by atoms with Gasteiger partial charge in [0.2, 0.25) is 5.89 Å². The zero-order valence-electron chi connectivity index (χ0n) is 17.4. The van der Waals surface area contributed by atoms with Crippen molar-refractivity contribution in [3.8, 4) is 11.5 Å². The lowest BCUT2D eigenvalue weighted by atomic mass is 10.1. The molecule has 6 nitrogen and oxygen atoms in total. The Bertz CT molecular complexity index is 1470. The van der Waals surface area contributed by atoms with Crippen molar-refractivity contribution in [2.75, 3.05) is 5.32 Å². The maximum Gasteiger partial charge on any atom is 0.293 e. The number of fused-ring (bicyclic) bond motifs is 2. The fraction of sp³-hybridized carbons (Fsp3) is 0.0800. The molecule has 2 aromatic heterocycles. The van der Waals surface area contributed by atoms with Crippen molar-refractivity contribution in [1.29, 1.82) is 0 Å². The first-order valence-electron chi connectivity index (χ1n) is 10.1. The SMILES string of the molecule is Cc1ccc(-c2nc3cc(NC(=S)NC(=O)c4cc5ccccc5o4)ccc3o2)cc1C. The van der Waals surface area contributed by atoms with Gasteiger partial charge in [-0.25, -0.2) is 4.98 Å². The number of benzene rings is 3. The van der Waals surface area contributed by atoms with Gasteiger partial charge in [-0.1, -0.05) is 24.3 Å². The average Bonchev–Trinajstić information content (AvgIpc) is 3.39. The predicted molar refractivity (Wildman–Crippen MR) is 129 cm³/mol. The van der Waals surface area contributed by atoms with Crippen LogP contribution in [0.15, 0.2) is 75.6 Å². The van der Waals surface area contributed by atoms with Gasteiger partial charge < -0.3 is 14.2 Å². The van der Waals surface area contributed by atoms with Crippen LogP contribution >= 0.6 is 12.2 Å². The normalized spacial score (nSPS) is 11.1. The largest absolute Gasteiger partial charge is 0.451 e. The molecule has 0 fully saturated rings. The van der Waals surface area contributed by atoms with Crippen molar-refractivity contribution >= 4 is 51.0 Å². The van der Waals surface area contributed by atoms with E-state index >= 15 is 0 Å². The number of para-hydroxylation sites is 1. The Kier molecular flexibility index (Phi) is 4.95. The minimum absolute atomic E-state index is 0.160. The molecule has 32 heavy (non-hydrogen) atoms. The number of anilines is 1. The molecule has 0 atom stereocenters. The third kappa shape index (κ3) is 3.86. The molecule has 0 unspecified atom stereocenters. The van der Waals surface area contributed by atoms with Crippen molar-refractivity contribution in [3.63, 3.8) is 0 Å². The van der Waals surface area contributed by atoms with E-state index in [4.69, 9.17) is 21.1 Å². The van der Waals surface area contributed by atoms with Crippen molar-refractivity contribution in [1.82, 2.24) is 10.3 Å². The highest BCUT2D eigenvalue weighted by Crippen LogP contribution is 2.27. The summed E-state index contributed by atoms with van der Waals surface area (Å²) in [6.07, 6.45) is 0. The summed E-state index contributed by atoms with van der Waals surface area (Å²) in [5.41, 5.74) is 6.01. The van der Waals surface area contributed by atoms with Gasteiger partial charge >= 0.3 is 0 Å². The monoisotopic (exact) mass is 441 g/mol. The first-order chi connectivity index (χ1) is 15.5. The molecule has 2 heterocycles. The molecule has 0 aliphatic rings. The number of amides is 1. The summed E-state index contributed by atoms with van der Waals surface area (Å²) < 4.78 is 11.5. The van der Waals surface area contributed by atoms with Crippen LogP contribution in [0.5, 0.6) is 0 Å². The maximum atomic E-state index is 12.5. The van der Waals surface area contributed by atoms with Gasteiger partial charge in [-0.2, -0.15) is 0 Å². The second kappa shape index (κ2) is 7.94. The van der Waals surface area contributed by atoms with E-state index in [1.807, 2.05) is 48.5 Å². The summed E-state index contributed by atoms with van der Waals surface area (Å²) in [4.78, 5) is 17.1. The van der Waals surface area contributed by atoms with Gasteiger partial charge in [0.1, 0.15) is 11.1 Å². The Hall–Kier alpha value is -3.97. The van der Waals surface area contributed by atoms with E-state index in [9.17, 15) is 4.79 Å². The van der Waals surface area contributed by atoms with E-state index in [1.54, 1.807) is 6.07 Å². The van der Waals surface area contributed by atoms with Crippen molar-refractivity contribution < 1.29 is 13.6 Å². The van der Waals surface area contributed by atoms with Gasteiger partial charge in [0.05, 0.1) is 0 Å². The molecule has 0 aliphatic heterocycles. The lowest BCUT2D eigenvalue weighted by Gasteiger charge is -2.08. The number of hydrogen-bond donors (Lipinski definition) is 2. The fourth-order valence-corrected chi connectivity index (χ4v) is 3.63. The molecule has 5 aromatic rings. The van der Waals surface area contributed by atoms with E-state index in [0.29, 0.717) is 28.3 Å². The third-order valence-electron chi connectivity index (χ3n) is 5.28. The number of oxazole rings is 1. The standard InChI is InChI=1S/C25H19N3O3S/c1-14-7-8-17(11-15(14)2)24-27-19-13-18(9-10-21(19)31-24)26-25(32)28-23(29)22-12-16-5-3-4-6-20(16)30-22/h3-13H,1-2H3,(H2,26,28,29,32). The topological polar surface area (TPSA) is 80.3 Å². The number of furan rings is 1. The number of carbonyl (C=O) groups is 1. The number of thiocarbonyl (C=S) groups is 1. The number of nitrogens with one attached hydrogen (secondary N) is 2. The molecule has 0 bridgehead atoms. The molecule has 3 aromatic carbocycles. The van der Waals surface area contributed by atoms with Gasteiger partial charge in [-0.3, -0.25) is 10.1 Å². The summed E-state index contributed by atoms with van der Waals surface area (Å²) >= 11 is 5.30. The van der Waals surface area contributed by atoms with Crippen LogP contribution in [0, 0.1) is 13.8 Å². The highest BCUT2D eigenvalue weighted by molar-refractivity contribution is 7.80. The minimum atomic E-state index is -0.418. The Balaban J connectivity index is 1.31. The van der Waals surface area contributed by atoms with Crippen LogP contribution < -0.4 is 10.6 Å². The second-order valence-electron chi connectivity index (χ2n) is 7.56. The molecule has 0 spiro atoms. The fourth-order valence-electron chi connectivity index (χ4n) is 3.42. The first kappa shape index (κ1) is 20.0.